The van der Waals surface area contributed by atoms with Gasteiger partial charge in [0.05, 0.1) is 4.08 Å². The molecule has 1 N–H and O–H groups in total. The number of carbonyl (C=O) groups excluding carboxylic acids is 1. The topological polar surface area (TPSA) is 29.1 Å². The van der Waals surface area contributed by atoms with Crippen LogP contribution in [-0.2, 0) is 4.79 Å². The van der Waals surface area contributed by atoms with E-state index < -0.39 is 0 Å². The number of hydrogen-bond donors (Lipinski definition) is 1. The first-order chi connectivity index (χ1) is 11.3. The lowest BCUT2D eigenvalue weighted by Crippen LogP contribution is -2.50. The molecule has 3 aliphatic carbocycles. The number of thioether (sulfide) groups is 2. The predicted octanol–water partition coefficient (Wildman–Crippen LogP) is 4.83. The van der Waals surface area contributed by atoms with Gasteiger partial charge in [-0.25, -0.2) is 0 Å². The number of amides is 1. The molecule has 4 rings (SSSR count). The molecule has 3 atom stereocenters. The fourth-order valence-electron chi connectivity index (χ4n) is 5.57. The quantitative estimate of drug-likeness (QED) is 0.721. The standard InChI is InChI=1S/C19H31NOS2/c21-18(20-17-8-3-1-2-4-9-17)14-12-15-6-5-7-16(13-14)19(15)22-10-11-23-19/h14-17H,1-13H2,(H,20,21)/t14?,15-,16+. The lowest BCUT2D eigenvalue weighted by Gasteiger charge is -2.52. The molecule has 0 aromatic carbocycles. The summed E-state index contributed by atoms with van der Waals surface area (Å²) in [6.45, 7) is 0. The van der Waals surface area contributed by atoms with Gasteiger partial charge in [0.2, 0.25) is 5.91 Å². The van der Waals surface area contributed by atoms with Crippen LogP contribution in [0.3, 0.4) is 0 Å². The van der Waals surface area contributed by atoms with Crippen LogP contribution in [0.4, 0.5) is 0 Å². The molecule has 2 bridgehead atoms. The SMILES string of the molecule is O=C(NC1CCCCCC1)C1C[C@H]2CCC[C@@H](C1)C21SCCS1. The van der Waals surface area contributed by atoms with Crippen molar-refractivity contribution in [2.24, 2.45) is 17.8 Å². The zero-order chi connectivity index (χ0) is 15.7. The van der Waals surface area contributed by atoms with Crippen LogP contribution in [0.2, 0.25) is 0 Å². The Kier molecular flexibility index (Phi) is 5.20. The highest BCUT2D eigenvalue weighted by molar-refractivity contribution is 8.21. The monoisotopic (exact) mass is 353 g/mol. The lowest BCUT2D eigenvalue weighted by molar-refractivity contribution is -0.128. The van der Waals surface area contributed by atoms with Crippen LogP contribution < -0.4 is 5.32 Å². The summed E-state index contributed by atoms with van der Waals surface area (Å²) in [6.07, 6.45) is 14.2. The Bertz CT molecular complexity index is 411. The average Bonchev–Trinajstić information content (AvgIpc) is 2.85. The number of nitrogens with one attached hydrogen (secondary N) is 1. The Morgan fingerprint density at radius 2 is 1.43 bits per heavy atom. The molecule has 4 fully saturated rings. The maximum Gasteiger partial charge on any atom is 0.223 e. The summed E-state index contributed by atoms with van der Waals surface area (Å²) in [5.74, 6) is 4.94. The van der Waals surface area contributed by atoms with Crippen LogP contribution in [-0.4, -0.2) is 27.5 Å². The molecule has 3 saturated carbocycles. The van der Waals surface area contributed by atoms with Gasteiger partial charge in [0.25, 0.3) is 0 Å². The van der Waals surface area contributed by atoms with Gasteiger partial charge in [0, 0.05) is 23.5 Å². The summed E-state index contributed by atoms with van der Waals surface area (Å²) in [7, 11) is 0. The molecule has 1 aliphatic heterocycles. The van der Waals surface area contributed by atoms with Crippen molar-refractivity contribution in [3.05, 3.63) is 0 Å². The Labute approximate surface area is 149 Å². The molecule has 0 radical (unpaired) electrons. The summed E-state index contributed by atoms with van der Waals surface area (Å²) >= 11 is 4.48. The van der Waals surface area contributed by atoms with Gasteiger partial charge in [0.1, 0.15) is 0 Å². The van der Waals surface area contributed by atoms with Crippen LogP contribution in [0, 0.1) is 17.8 Å². The van der Waals surface area contributed by atoms with E-state index in [0.29, 0.717) is 21.9 Å². The third-order valence-electron chi connectivity index (χ3n) is 6.69. The number of carbonyl (C=O) groups is 1. The minimum absolute atomic E-state index is 0.306. The van der Waals surface area contributed by atoms with Crippen molar-refractivity contribution in [2.75, 3.05) is 11.5 Å². The minimum atomic E-state index is 0.306. The van der Waals surface area contributed by atoms with Gasteiger partial charge in [-0.15, -0.1) is 23.5 Å². The highest BCUT2D eigenvalue weighted by atomic mass is 32.2. The van der Waals surface area contributed by atoms with Crippen LogP contribution in [0.5, 0.6) is 0 Å². The van der Waals surface area contributed by atoms with Gasteiger partial charge in [-0.3, -0.25) is 4.79 Å². The maximum atomic E-state index is 12.9. The van der Waals surface area contributed by atoms with Gasteiger partial charge < -0.3 is 5.32 Å². The molecule has 23 heavy (non-hydrogen) atoms. The fraction of sp³-hybridized carbons (Fsp3) is 0.947. The van der Waals surface area contributed by atoms with Crippen LogP contribution in [0.15, 0.2) is 0 Å². The summed E-state index contributed by atoms with van der Waals surface area (Å²) in [6, 6.07) is 0.468. The van der Waals surface area contributed by atoms with Gasteiger partial charge in [-0.05, 0) is 50.4 Å². The third-order valence-corrected chi connectivity index (χ3v) is 10.7. The first-order valence-electron chi connectivity index (χ1n) is 9.86. The van der Waals surface area contributed by atoms with Crippen LogP contribution in [0.1, 0.15) is 70.6 Å². The molecule has 1 unspecified atom stereocenters. The second kappa shape index (κ2) is 7.19. The molecule has 2 nitrogen and oxygen atoms in total. The Hall–Kier alpha value is 0.170. The second-order valence-corrected chi connectivity index (χ2v) is 11.1. The molecule has 0 aromatic rings. The Balaban J connectivity index is 1.39. The largest absolute Gasteiger partial charge is 0.353 e. The summed E-state index contributed by atoms with van der Waals surface area (Å²) in [5, 5.41) is 3.44. The van der Waals surface area contributed by atoms with Gasteiger partial charge >= 0.3 is 0 Å². The smallest absolute Gasteiger partial charge is 0.223 e. The van der Waals surface area contributed by atoms with Gasteiger partial charge in [-0.2, -0.15) is 0 Å². The van der Waals surface area contributed by atoms with Crippen molar-refractivity contribution in [1.82, 2.24) is 5.32 Å². The van der Waals surface area contributed by atoms with E-state index in [-0.39, 0.29) is 0 Å². The van der Waals surface area contributed by atoms with Crippen molar-refractivity contribution in [3.8, 4) is 0 Å². The Morgan fingerprint density at radius 1 is 0.826 bits per heavy atom. The molecule has 4 heteroatoms. The molecular formula is C19H31NOS2. The van der Waals surface area contributed by atoms with E-state index >= 15 is 0 Å². The average molecular weight is 354 g/mol. The van der Waals surface area contributed by atoms with Crippen molar-refractivity contribution in [1.29, 1.82) is 0 Å². The molecular weight excluding hydrogens is 322 g/mol. The molecule has 1 amide bonds. The zero-order valence-electron chi connectivity index (χ0n) is 14.2. The third kappa shape index (κ3) is 3.31. The molecule has 4 aliphatic rings. The van der Waals surface area contributed by atoms with E-state index in [0.717, 1.165) is 24.7 Å². The van der Waals surface area contributed by atoms with Crippen LogP contribution in [0.25, 0.3) is 0 Å². The van der Waals surface area contributed by atoms with E-state index in [1.165, 1.54) is 69.3 Å². The number of hydrogen-bond acceptors (Lipinski definition) is 3. The minimum Gasteiger partial charge on any atom is -0.353 e. The molecule has 130 valence electrons. The van der Waals surface area contributed by atoms with Gasteiger partial charge in [-0.1, -0.05) is 32.1 Å². The van der Waals surface area contributed by atoms with Gasteiger partial charge in [0.15, 0.2) is 0 Å². The van der Waals surface area contributed by atoms with Crippen molar-refractivity contribution in [2.45, 2.75) is 80.7 Å². The highest BCUT2D eigenvalue weighted by Gasteiger charge is 2.55. The first kappa shape index (κ1) is 16.6. The predicted molar refractivity (Wildman–Crippen MR) is 101 cm³/mol. The Morgan fingerprint density at radius 3 is 2.04 bits per heavy atom. The number of rotatable bonds is 2. The lowest BCUT2D eigenvalue weighted by atomic mass is 9.67. The maximum absolute atomic E-state index is 12.9. The highest BCUT2D eigenvalue weighted by Crippen LogP contribution is 2.64. The molecule has 1 spiro atoms. The van der Waals surface area contributed by atoms with E-state index in [1.807, 2.05) is 0 Å². The van der Waals surface area contributed by atoms with Crippen LogP contribution >= 0.6 is 23.5 Å². The van der Waals surface area contributed by atoms with Crippen molar-refractivity contribution >= 4 is 29.4 Å². The second-order valence-electron chi connectivity index (χ2n) is 8.11. The van der Waals surface area contributed by atoms with Crippen molar-refractivity contribution < 1.29 is 4.79 Å². The summed E-state index contributed by atoms with van der Waals surface area (Å²) in [5.41, 5.74) is 0. The first-order valence-corrected chi connectivity index (χ1v) is 11.8. The van der Waals surface area contributed by atoms with E-state index in [4.69, 9.17) is 0 Å². The summed E-state index contributed by atoms with van der Waals surface area (Å²) in [4.78, 5) is 12.9. The van der Waals surface area contributed by atoms with E-state index in [9.17, 15) is 4.79 Å². The normalized spacial score (nSPS) is 37.5. The fourth-order valence-corrected chi connectivity index (χ4v) is 9.50. The van der Waals surface area contributed by atoms with E-state index in [2.05, 4.69) is 28.8 Å². The molecule has 0 aromatic heterocycles. The summed E-state index contributed by atoms with van der Waals surface area (Å²) < 4.78 is 0.497. The van der Waals surface area contributed by atoms with E-state index in [1.54, 1.807) is 0 Å². The van der Waals surface area contributed by atoms with Crippen molar-refractivity contribution in [3.63, 3.8) is 0 Å². The molecule has 1 heterocycles. The molecule has 1 saturated heterocycles. The zero-order valence-corrected chi connectivity index (χ0v) is 15.9.